The second-order valence-electron chi connectivity index (χ2n) is 4.61. The molecule has 0 unspecified atom stereocenters. The lowest BCUT2D eigenvalue weighted by molar-refractivity contribution is -0.113. The van der Waals surface area contributed by atoms with Gasteiger partial charge in [-0.3, -0.25) is 14.9 Å². The molecule has 1 amide bonds. The zero-order valence-electron chi connectivity index (χ0n) is 12.4. The van der Waals surface area contributed by atoms with Crippen LogP contribution >= 0.6 is 23.1 Å². The van der Waals surface area contributed by atoms with Gasteiger partial charge in [0.2, 0.25) is 11.0 Å². The number of unbranched alkanes of at least 4 members (excludes halogenated alkanes) is 1. The van der Waals surface area contributed by atoms with Crippen LogP contribution in [0.5, 0.6) is 0 Å². The van der Waals surface area contributed by atoms with Crippen LogP contribution in [0.3, 0.4) is 0 Å². The number of nitrogens with zero attached hydrogens (tertiary/aromatic N) is 3. The van der Waals surface area contributed by atoms with Crippen molar-refractivity contribution in [2.45, 2.75) is 38.3 Å². The lowest BCUT2D eigenvalue weighted by Crippen LogP contribution is -2.15. The Bertz CT molecular complexity index is 698. The summed E-state index contributed by atoms with van der Waals surface area (Å²) in [6.07, 6.45) is 2.79. The lowest BCUT2D eigenvalue weighted by Gasteiger charge is -2.03. The number of anilines is 1. The molecule has 2 rings (SSSR count). The van der Waals surface area contributed by atoms with E-state index < -0.39 is 0 Å². The number of carbonyl (C=O) groups is 1. The summed E-state index contributed by atoms with van der Waals surface area (Å²) in [6.45, 7) is 3.90. The van der Waals surface area contributed by atoms with Crippen LogP contribution in [0.1, 0.15) is 30.5 Å². The predicted octanol–water partition coefficient (Wildman–Crippen LogP) is 2.00. The second-order valence-corrected chi connectivity index (χ2v) is 6.75. The van der Waals surface area contributed by atoms with Crippen molar-refractivity contribution in [3.63, 3.8) is 0 Å². The molecule has 2 N–H and O–H groups in total. The van der Waals surface area contributed by atoms with E-state index in [2.05, 4.69) is 32.4 Å². The number of rotatable bonds is 7. The summed E-state index contributed by atoms with van der Waals surface area (Å²) in [7, 11) is 0. The summed E-state index contributed by atoms with van der Waals surface area (Å²) in [5, 5.41) is 12.0. The van der Waals surface area contributed by atoms with Gasteiger partial charge < -0.3 is 4.98 Å². The molecule has 0 aromatic carbocycles. The molecule has 0 radical (unpaired) electrons. The van der Waals surface area contributed by atoms with E-state index in [9.17, 15) is 9.59 Å². The monoisotopic (exact) mass is 339 g/mol. The van der Waals surface area contributed by atoms with Gasteiger partial charge in [0.1, 0.15) is 5.01 Å². The van der Waals surface area contributed by atoms with E-state index in [1.807, 2.05) is 6.92 Å². The van der Waals surface area contributed by atoms with Gasteiger partial charge in [0.25, 0.3) is 5.56 Å². The van der Waals surface area contributed by atoms with Gasteiger partial charge in [0, 0.05) is 11.8 Å². The normalized spacial score (nSPS) is 10.6. The molecule has 118 valence electrons. The highest BCUT2D eigenvalue weighted by Gasteiger charge is 2.09. The van der Waals surface area contributed by atoms with Crippen molar-refractivity contribution in [2.24, 2.45) is 0 Å². The Labute approximate surface area is 136 Å². The van der Waals surface area contributed by atoms with Gasteiger partial charge in [0.05, 0.1) is 5.75 Å². The van der Waals surface area contributed by atoms with Crippen LogP contribution in [0, 0.1) is 6.92 Å². The molecule has 0 aliphatic heterocycles. The zero-order valence-corrected chi connectivity index (χ0v) is 14.0. The highest BCUT2D eigenvalue weighted by molar-refractivity contribution is 7.99. The molecule has 2 aromatic rings. The number of H-pyrrole nitrogens is 1. The number of thioether (sulfide) groups is 1. The Morgan fingerprint density at radius 3 is 2.95 bits per heavy atom. The molecule has 9 heteroatoms. The molecule has 2 aromatic heterocycles. The molecule has 0 spiro atoms. The number of aromatic amines is 1. The van der Waals surface area contributed by atoms with Crippen molar-refractivity contribution in [3.05, 3.63) is 27.1 Å². The Kier molecular flexibility index (Phi) is 6.08. The largest absolute Gasteiger partial charge is 0.301 e. The molecule has 22 heavy (non-hydrogen) atoms. The van der Waals surface area contributed by atoms with Gasteiger partial charge in [-0.05, 0) is 19.8 Å². The summed E-state index contributed by atoms with van der Waals surface area (Å²) >= 11 is 2.51. The predicted molar refractivity (Wildman–Crippen MR) is 87.5 cm³/mol. The van der Waals surface area contributed by atoms with Gasteiger partial charge in [0.15, 0.2) is 5.16 Å². The Hall–Kier alpha value is -1.74. The van der Waals surface area contributed by atoms with Gasteiger partial charge in [-0.15, -0.1) is 10.2 Å². The number of amides is 1. The number of hydrogen-bond donors (Lipinski definition) is 2. The zero-order chi connectivity index (χ0) is 15.9. The summed E-state index contributed by atoms with van der Waals surface area (Å²) in [6, 6.07) is 1.50. The summed E-state index contributed by atoms with van der Waals surface area (Å²) in [4.78, 5) is 30.4. The van der Waals surface area contributed by atoms with Crippen molar-refractivity contribution in [1.82, 2.24) is 20.2 Å². The maximum absolute atomic E-state index is 11.8. The average molecular weight is 339 g/mol. The molecule has 0 fully saturated rings. The lowest BCUT2D eigenvalue weighted by atomic mass is 10.2. The first-order valence-corrected chi connectivity index (χ1v) is 8.70. The first kappa shape index (κ1) is 16.6. The van der Waals surface area contributed by atoms with Crippen LogP contribution in [-0.2, 0) is 11.2 Å². The van der Waals surface area contributed by atoms with E-state index in [1.165, 1.54) is 29.2 Å². The van der Waals surface area contributed by atoms with Crippen LogP contribution in [0.4, 0.5) is 5.13 Å². The van der Waals surface area contributed by atoms with Crippen molar-refractivity contribution in [3.8, 4) is 0 Å². The molecule has 0 saturated carbocycles. The van der Waals surface area contributed by atoms with Crippen molar-refractivity contribution in [2.75, 3.05) is 11.1 Å². The number of aromatic nitrogens is 4. The summed E-state index contributed by atoms with van der Waals surface area (Å²) in [5.41, 5.74) is 0.567. The SMILES string of the molecule is CCCCc1cc(=O)[nH]c(SCC(=O)Nc2nnc(C)s2)n1. The van der Waals surface area contributed by atoms with E-state index >= 15 is 0 Å². The van der Waals surface area contributed by atoms with Crippen LogP contribution in [0.25, 0.3) is 0 Å². The summed E-state index contributed by atoms with van der Waals surface area (Å²) < 4.78 is 0. The van der Waals surface area contributed by atoms with Gasteiger partial charge in [-0.25, -0.2) is 4.98 Å². The molecular formula is C13H17N5O2S2. The summed E-state index contributed by atoms with van der Waals surface area (Å²) in [5.74, 6) is -0.0542. The topological polar surface area (TPSA) is 101 Å². The average Bonchev–Trinajstić information content (AvgIpc) is 2.87. The Balaban J connectivity index is 1.91. The Morgan fingerprint density at radius 1 is 1.45 bits per heavy atom. The maximum atomic E-state index is 11.8. The van der Waals surface area contributed by atoms with E-state index in [-0.39, 0.29) is 17.2 Å². The van der Waals surface area contributed by atoms with Gasteiger partial charge in [-0.2, -0.15) is 0 Å². The van der Waals surface area contributed by atoms with E-state index in [0.29, 0.717) is 10.3 Å². The third kappa shape index (κ3) is 5.23. The van der Waals surface area contributed by atoms with Crippen LogP contribution in [0.15, 0.2) is 16.0 Å². The van der Waals surface area contributed by atoms with Crippen LogP contribution in [0.2, 0.25) is 0 Å². The molecule has 7 nitrogen and oxygen atoms in total. The van der Waals surface area contributed by atoms with E-state index in [1.54, 1.807) is 0 Å². The van der Waals surface area contributed by atoms with Crippen LogP contribution in [-0.4, -0.2) is 31.8 Å². The molecule has 0 aliphatic rings. The molecular weight excluding hydrogens is 322 g/mol. The third-order valence-corrected chi connectivity index (χ3v) is 4.30. The minimum atomic E-state index is -0.206. The fourth-order valence-electron chi connectivity index (χ4n) is 1.67. The smallest absolute Gasteiger partial charge is 0.251 e. The second kappa shape index (κ2) is 8.04. The standard InChI is InChI=1S/C13H17N5O2S2/c1-3-4-5-9-6-10(19)15-12(14-9)21-7-11(20)16-13-18-17-8(2)22-13/h6H,3-5,7H2,1-2H3,(H,14,15,19)(H,16,18,20). The molecule has 0 saturated heterocycles. The van der Waals surface area contributed by atoms with Crippen molar-refractivity contribution < 1.29 is 4.79 Å². The van der Waals surface area contributed by atoms with Gasteiger partial charge in [-0.1, -0.05) is 36.4 Å². The number of aryl methyl sites for hydroxylation is 2. The fourth-order valence-corrected chi connectivity index (χ4v) is 2.98. The minimum Gasteiger partial charge on any atom is -0.301 e. The number of nitrogens with one attached hydrogen (secondary N) is 2. The molecule has 2 heterocycles. The van der Waals surface area contributed by atoms with Crippen molar-refractivity contribution in [1.29, 1.82) is 0 Å². The Morgan fingerprint density at radius 2 is 2.27 bits per heavy atom. The van der Waals surface area contributed by atoms with Gasteiger partial charge >= 0.3 is 0 Å². The minimum absolute atomic E-state index is 0.152. The van der Waals surface area contributed by atoms with E-state index in [4.69, 9.17) is 0 Å². The number of hydrogen-bond acceptors (Lipinski definition) is 7. The first-order chi connectivity index (χ1) is 10.6. The number of carbonyl (C=O) groups excluding carboxylic acids is 1. The highest BCUT2D eigenvalue weighted by Crippen LogP contribution is 2.16. The highest BCUT2D eigenvalue weighted by atomic mass is 32.2. The van der Waals surface area contributed by atoms with E-state index in [0.717, 1.165) is 30.0 Å². The quantitative estimate of drug-likeness (QED) is 0.591. The van der Waals surface area contributed by atoms with Crippen molar-refractivity contribution >= 4 is 34.1 Å². The molecule has 0 bridgehead atoms. The van der Waals surface area contributed by atoms with Crippen LogP contribution < -0.4 is 10.9 Å². The maximum Gasteiger partial charge on any atom is 0.251 e. The third-order valence-electron chi connectivity index (χ3n) is 2.67. The molecule has 0 aliphatic carbocycles. The molecule has 0 atom stereocenters. The first-order valence-electron chi connectivity index (χ1n) is 6.90. The fraction of sp³-hybridized carbons (Fsp3) is 0.462.